The normalized spacial score (nSPS) is 21.6. The molecule has 2 heterocycles. The summed E-state index contributed by atoms with van der Waals surface area (Å²) in [5.41, 5.74) is 1.25. The predicted molar refractivity (Wildman–Crippen MR) is 153 cm³/mol. The Balaban J connectivity index is 1.63. The van der Waals surface area contributed by atoms with E-state index < -0.39 is 61.2 Å². The van der Waals surface area contributed by atoms with Crippen LogP contribution in [0.15, 0.2) is 54.6 Å². The van der Waals surface area contributed by atoms with Gasteiger partial charge in [-0.15, -0.1) is 0 Å². The molecule has 3 aromatic rings. The minimum Gasteiger partial charge on any atom is -0.507 e. The number of aliphatic hydroxyl groups is 1. The monoisotopic (exact) mass is 609 g/mol. The Morgan fingerprint density at radius 2 is 1.50 bits per heavy atom. The number of rotatable bonds is 9. The van der Waals surface area contributed by atoms with Gasteiger partial charge in [-0.2, -0.15) is 0 Å². The summed E-state index contributed by atoms with van der Waals surface area (Å²) in [6.45, 7) is 4.05. The van der Waals surface area contributed by atoms with E-state index in [2.05, 4.69) is 4.98 Å². The SMILES string of the molecule is CC(=O)OC[C@H]1O[C@@H](Oc2ccc(/C(O)=C/c3ccc4ccccc4n3)c(O)c2)[C@H](OC(C)=O)[C@@H](OC(C)=O)[C@@H]1OC(C)=O. The van der Waals surface area contributed by atoms with Crippen LogP contribution in [-0.2, 0) is 42.9 Å². The number of para-hydroxylation sites is 1. The molecule has 1 aliphatic rings. The standard InChI is InChI=1S/C31H31NO12/c1-16(33)39-15-27-28(40-17(2)34)29(41-18(3)35)30(42-19(4)36)31(44-27)43-22-11-12-23(26(38)14-22)25(37)13-21-10-9-20-7-5-6-8-24(20)32-21/h5-14,27-31,37-38H,15H2,1-4H3/b25-13-/t27-,28-,29+,30-,31-/m1/s1. The molecule has 1 saturated heterocycles. The van der Waals surface area contributed by atoms with E-state index >= 15 is 0 Å². The van der Waals surface area contributed by atoms with Gasteiger partial charge in [0.2, 0.25) is 12.4 Å². The molecule has 0 radical (unpaired) electrons. The number of fused-ring (bicyclic) bond motifs is 1. The number of hydrogen-bond donors (Lipinski definition) is 2. The fraction of sp³-hybridized carbons (Fsp3) is 0.323. The lowest BCUT2D eigenvalue weighted by Crippen LogP contribution is -2.63. The Kier molecular flexibility index (Phi) is 10.0. The molecular formula is C31H31NO12. The molecule has 4 rings (SSSR count). The highest BCUT2D eigenvalue weighted by molar-refractivity contribution is 5.83. The number of pyridine rings is 1. The number of esters is 4. The number of nitrogens with zero attached hydrogens (tertiary/aromatic N) is 1. The molecule has 5 atom stereocenters. The van der Waals surface area contributed by atoms with Gasteiger partial charge in [0.05, 0.1) is 16.8 Å². The van der Waals surface area contributed by atoms with Crippen molar-refractivity contribution in [3.63, 3.8) is 0 Å². The van der Waals surface area contributed by atoms with Gasteiger partial charge in [-0.3, -0.25) is 19.2 Å². The fourth-order valence-electron chi connectivity index (χ4n) is 4.60. The van der Waals surface area contributed by atoms with E-state index in [1.54, 1.807) is 6.07 Å². The first-order valence-corrected chi connectivity index (χ1v) is 13.5. The first-order chi connectivity index (χ1) is 20.9. The van der Waals surface area contributed by atoms with Crippen LogP contribution in [0.1, 0.15) is 39.0 Å². The van der Waals surface area contributed by atoms with Gasteiger partial charge in [0.25, 0.3) is 0 Å². The van der Waals surface area contributed by atoms with Crippen LogP contribution in [0.3, 0.4) is 0 Å². The van der Waals surface area contributed by atoms with E-state index in [4.69, 9.17) is 28.4 Å². The van der Waals surface area contributed by atoms with E-state index in [0.717, 1.165) is 38.6 Å². The maximum Gasteiger partial charge on any atom is 0.303 e. The van der Waals surface area contributed by atoms with Gasteiger partial charge in [-0.05, 0) is 24.3 Å². The zero-order valence-electron chi connectivity index (χ0n) is 24.3. The number of phenols is 1. The molecule has 0 amide bonds. The second kappa shape index (κ2) is 13.9. The van der Waals surface area contributed by atoms with Crippen LogP contribution in [0, 0.1) is 0 Å². The zero-order chi connectivity index (χ0) is 32.0. The number of carbonyl (C=O) groups is 4. The Morgan fingerprint density at radius 3 is 2.16 bits per heavy atom. The van der Waals surface area contributed by atoms with Crippen molar-refractivity contribution in [3.05, 3.63) is 65.9 Å². The fourth-order valence-corrected chi connectivity index (χ4v) is 4.60. The van der Waals surface area contributed by atoms with E-state index in [1.807, 2.05) is 30.3 Å². The second-order valence-corrected chi connectivity index (χ2v) is 9.82. The Hall–Kier alpha value is -5.17. The van der Waals surface area contributed by atoms with Crippen molar-refractivity contribution in [3.8, 4) is 11.5 Å². The molecule has 13 heteroatoms. The van der Waals surface area contributed by atoms with E-state index in [-0.39, 0.29) is 22.8 Å². The third-order valence-electron chi connectivity index (χ3n) is 6.35. The number of aromatic hydroxyl groups is 1. The maximum atomic E-state index is 12.0. The van der Waals surface area contributed by atoms with Gasteiger partial charge in [0.15, 0.2) is 12.2 Å². The molecule has 232 valence electrons. The Bertz CT molecular complexity index is 1580. The third-order valence-corrected chi connectivity index (χ3v) is 6.35. The van der Waals surface area contributed by atoms with Crippen molar-refractivity contribution >= 4 is 46.6 Å². The number of ether oxygens (including phenoxy) is 6. The molecule has 1 aliphatic heterocycles. The molecule has 0 bridgehead atoms. The van der Waals surface area contributed by atoms with Crippen LogP contribution in [-0.4, -0.2) is 76.4 Å². The predicted octanol–water partition coefficient (Wildman–Crippen LogP) is 3.46. The number of hydrogen-bond acceptors (Lipinski definition) is 13. The van der Waals surface area contributed by atoms with Gasteiger partial charge in [0, 0.05) is 45.2 Å². The molecule has 0 aliphatic carbocycles. The first-order valence-electron chi connectivity index (χ1n) is 13.5. The number of aliphatic hydroxyl groups excluding tert-OH is 1. The summed E-state index contributed by atoms with van der Waals surface area (Å²) >= 11 is 0. The average Bonchev–Trinajstić information content (AvgIpc) is 2.94. The molecule has 13 nitrogen and oxygen atoms in total. The lowest BCUT2D eigenvalue weighted by atomic mass is 9.98. The van der Waals surface area contributed by atoms with Crippen molar-refractivity contribution in [1.82, 2.24) is 4.98 Å². The lowest BCUT2D eigenvalue weighted by molar-refractivity contribution is -0.288. The molecule has 2 N–H and O–H groups in total. The molecule has 2 aromatic carbocycles. The Labute approximate surface area is 251 Å². The smallest absolute Gasteiger partial charge is 0.303 e. The van der Waals surface area contributed by atoms with Crippen LogP contribution in [0.2, 0.25) is 0 Å². The number of benzene rings is 2. The first kappa shape index (κ1) is 31.8. The minimum absolute atomic E-state index is 0.00350. The molecule has 0 saturated carbocycles. The van der Waals surface area contributed by atoms with Crippen LogP contribution >= 0.6 is 0 Å². The molecule has 44 heavy (non-hydrogen) atoms. The molecule has 0 unspecified atom stereocenters. The van der Waals surface area contributed by atoms with Crippen LogP contribution in [0.5, 0.6) is 11.5 Å². The molecular weight excluding hydrogens is 578 g/mol. The van der Waals surface area contributed by atoms with Crippen molar-refractivity contribution in [2.24, 2.45) is 0 Å². The van der Waals surface area contributed by atoms with Crippen LogP contribution in [0.4, 0.5) is 0 Å². The van der Waals surface area contributed by atoms with Crippen molar-refractivity contribution in [2.45, 2.75) is 58.4 Å². The van der Waals surface area contributed by atoms with Gasteiger partial charge >= 0.3 is 23.9 Å². The van der Waals surface area contributed by atoms with Gasteiger partial charge < -0.3 is 38.6 Å². The largest absolute Gasteiger partial charge is 0.507 e. The van der Waals surface area contributed by atoms with E-state index in [9.17, 15) is 29.4 Å². The number of carbonyl (C=O) groups excluding carboxylic acids is 4. The maximum absolute atomic E-state index is 12.0. The Morgan fingerprint density at radius 1 is 0.841 bits per heavy atom. The average molecular weight is 610 g/mol. The van der Waals surface area contributed by atoms with Crippen LogP contribution in [0.25, 0.3) is 22.7 Å². The topological polar surface area (TPSA) is 177 Å². The summed E-state index contributed by atoms with van der Waals surface area (Å²) in [5, 5.41) is 22.4. The summed E-state index contributed by atoms with van der Waals surface area (Å²) in [6, 6.07) is 15.0. The zero-order valence-corrected chi connectivity index (χ0v) is 24.3. The van der Waals surface area contributed by atoms with Gasteiger partial charge in [-0.1, -0.05) is 24.3 Å². The summed E-state index contributed by atoms with van der Waals surface area (Å²) < 4.78 is 33.0. The summed E-state index contributed by atoms with van der Waals surface area (Å²) in [5.74, 6) is -3.65. The third kappa shape index (κ3) is 8.01. The molecule has 0 spiro atoms. The quantitative estimate of drug-likeness (QED) is 0.205. The summed E-state index contributed by atoms with van der Waals surface area (Å²) in [4.78, 5) is 52.0. The van der Waals surface area contributed by atoms with Crippen LogP contribution < -0.4 is 4.74 Å². The van der Waals surface area contributed by atoms with Crippen molar-refractivity contribution in [2.75, 3.05) is 6.61 Å². The van der Waals surface area contributed by atoms with Gasteiger partial charge in [0.1, 0.15) is 30.0 Å². The molecule has 1 aromatic heterocycles. The summed E-state index contributed by atoms with van der Waals surface area (Å²) in [6.07, 6.45) is -5.54. The molecule has 1 fully saturated rings. The van der Waals surface area contributed by atoms with E-state index in [1.165, 1.54) is 24.3 Å². The highest BCUT2D eigenvalue weighted by Gasteiger charge is 2.53. The highest BCUT2D eigenvalue weighted by atomic mass is 16.7. The summed E-state index contributed by atoms with van der Waals surface area (Å²) in [7, 11) is 0. The second-order valence-electron chi connectivity index (χ2n) is 9.82. The number of phenolic OH excluding ortho intramolecular Hbond substituents is 1. The van der Waals surface area contributed by atoms with E-state index in [0.29, 0.717) is 5.69 Å². The van der Waals surface area contributed by atoms with Gasteiger partial charge in [-0.25, -0.2) is 4.98 Å². The lowest BCUT2D eigenvalue weighted by Gasteiger charge is -2.43. The highest BCUT2D eigenvalue weighted by Crippen LogP contribution is 2.34. The van der Waals surface area contributed by atoms with Crippen molar-refractivity contribution in [1.29, 1.82) is 0 Å². The minimum atomic E-state index is -1.49. The number of aromatic nitrogens is 1. The van der Waals surface area contributed by atoms with Crippen molar-refractivity contribution < 1.29 is 57.8 Å².